The topological polar surface area (TPSA) is 29.1 Å². The predicted octanol–water partition coefficient (Wildman–Crippen LogP) is 2.72. The first-order chi connectivity index (χ1) is 8.68. The number of ketones is 1. The normalized spacial score (nSPS) is 23.9. The van der Waals surface area contributed by atoms with E-state index in [1.165, 1.54) is 6.07 Å². The molecule has 1 heterocycles. The lowest BCUT2D eigenvalue weighted by molar-refractivity contribution is -0.129. The lowest BCUT2D eigenvalue weighted by atomic mass is 9.73. The van der Waals surface area contributed by atoms with Crippen molar-refractivity contribution in [1.82, 2.24) is 5.32 Å². The summed E-state index contributed by atoms with van der Waals surface area (Å²) < 4.78 is 13.6. The molecule has 0 aromatic heterocycles. The molecule has 0 saturated carbocycles. The van der Waals surface area contributed by atoms with E-state index in [0.29, 0.717) is 5.56 Å². The second kappa shape index (κ2) is 5.61. The Hall–Kier alpha value is -1.22. The van der Waals surface area contributed by atoms with Gasteiger partial charge in [-0.2, -0.15) is 0 Å². The Morgan fingerprint density at radius 2 is 2.22 bits per heavy atom. The zero-order valence-corrected chi connectivity index (χ0v) is 10.8. The molecular formula is C15H20FNO. The van der Waals surface area contributed by atoms with Gasteiger partial charge in [0.1, 0.15) is 11.6 Å². The minimum absolute atomic E-state index is 0.169. The van der Waals surface area contributed by atoms with Crippen molar-refractivity contribution in [2.24, 2.45) is 5.41 Å². The number of hydrogen-bond acceptors (Lipinski definition) is 2. The Bertz CT molecular complexity index is 424. The van der Waals surface area contributed by atoms with Gasteiger partial charge >= 0.3 is 0 Å². The van der Waals surface area contributed by atoms with Crippen LogP contribution in [-0.2, 0) is 11.2 Å². The lowest BCUT2D eigenvalue weighted by Crippen LogP contribution is -2.45. The minimum Gasteiger partial charge on any atom is -0.316 e. The number of halogens is 1. The fraction of sp³-hybridized carbons (Fsp3) is 0.533. The molecule has 0 amide bonds. The van der Waals surface area contributed by atoms with Crippen LogP contribution < -0.4 is 5.32 Å². The van der Waals surface area contributed by atoms with Crippen LogP contribution in [0.3, 0.4) is 0 Å². The number of carbonyl (C=O) groups excluding carboxylic acids is 1. The maximum absolute atomic E-state index is 13.6. The number of hydrogen-bond donors (Lipinski definition) is 1. The highest BCUT2D eigenvalue weighted by Gasteiger charge is 2.37. The highest BCUT2D eigenvalue weighted by atomic mass is 19.1. The number of benzene rings is 1. The molecule has 1 aromatic rings. The number of nitrogens with one attached hydrogen (secondary N) is 1. The second-order valence-electron chi connectivity index (χ2n) is 5.11. The molecule has 3 heteroatoms. The first kappa shape index (κ1) is 13.2. The fourth-order valence-electron chi connectivity index (χ4n) is 2.71. The lowest BCUT2D eigenvalue weighted by Gasteiger charge is -2.35. The second-order valence-corrected chi connectivity index (χ2v) is 5.11. The van der Waals surface area contributed by atoms with Crippen molar-refractivity contribution >= 4 is 5.78 Å². The van der Waals surface area contributed by atoms with Gasteiger partial charge in [0.2, 0.25) is 0 Å². The summed E-state index contributed by atoms with van der Waals surface area (Å²) >= 11 is 0. The fourth-order valence-corrected chi connectivity index (χ4v) is 2.71. The van der Waals surface area contributed by atoms with Crippen molar-refractivity contribution in [2.45, 2.75) is 32.6 Å². The van der Waals surface area contributed by atoms with Gasteiger partial charge in [0.05, 0.1) is 0 Å². The standard InChI is InChI=1S/C15H20FNO/c1-2-15(8-5-9-17-11-15)14(18)10-12-6-3-4-7-13(12)16/h3-4,6-7,17H,2,5,8-11H2,1H3. The van der Waals surface area contributed by atoms with Crippen LogP contribution in [0, 0.1) is 11.2 Å². The van der Waals surface area contributed by atoms with Crippen LogP contribution in [-0.4, -0.2) is 18.9 Å². The summed E-state index contributed by atoms with van der Waals surface area (Å²) in [7, 11) is 0. The van der Waals surface area contributed by atoms with E-state index in [9.17, 15) is 9.18 Å². The smallest absolute Gasteiger partial charge is 0.144 e. The van der Waals surface area contributed by atoms with Gasteiger partial charge in [0.25, 0.3) is 0 Å². The van der Waals surface area contributed by atoms with Crippen LogP contribution in [0.15, 0.2) is 24.3 Å². The Labute approximate surface area is 108 Å². The van der Waals surface area contributed by atoms with Gasteiger partial charge in [0, 0.05) is 18.4 Å². The molecule has 1 aromatic carbocycles. The van der Waals surface area contributed by atoms with Crippen LogP contribution in [0.5, 0.6) is 0 Å². The van der Waals surface area contributed by atoms with E-state index in [1.54, 1.807) is 18.2 Å². The first-order valence-electron chi connectivity index (χ1n) is 6.65. The quantitative estimate of drug-likeness (QED) is 0.889. The van der Waals surface area contributed by atoms with Crippen molar-refractivity contribution in [3.63, 3.8) is 0 Å². The van der Waals surface area contributed by atoms with Gasteiger partial charge in [-0.3, -0.25) is 4.79 Å². The monoisotopic (exact) mass is 249 g/mol. The molecule has 1 aliphatic heterocycles. The average Bonchev–Trinajstić information content (AvgIpc) is 2.42. The Kier molecular flexibility index (Phi) is 4.12. The number of rotatable bonds is 4. The van der Waals surface area contributed by atoms with Gasteiger partial charge in [0.15, 0.2) is 0 Å². The van der Waals surface area contributed by atoms with Crippen molar-refractivity contribution in [2.75, 3.05) is 13.1 Å². The van der Waals surface area contributed by atoms with Gasteiger partial charge < -0.3 is 5.32 Å². The van der Waals surface area contributed by atoms with Crippen LogP contribution in [0.2, 0.25) is 0 Å². The van der Waals surface area contributed by atoms with Crippen molar-refractivity contribution in [3.05, 3.63) is 35.6 Å². The zero-order chi connectivity index (χ0) is 13.0. The molecule has 0 bridgehead atoms. The molecule has 2 rings (SSSR count). The summed E-state index contributed by atoms with van der Waals surface area (Å²) in [6.45, 7) is 3.76. The molecule has 1 fully saturated rings. The molecule has 1 saturated heterocycles. The molecule has 2 nitrogen and oxygen atoms in total. The van der Waals surface area contributed by atoms with E-state index < -0.39 is 0 Å². The van der Waals surface area contributed by atoms with Crippen LogP contribution >= 0.6 is 0 Å². The van der Waals surface area contributed by atoms with Crippen molar-refractivity contribution in [1.29, 1.82) is 0 Å². The van der Waals surface area contributed by atoms with E-state index in [-0.39, 0.29) is 23.4 Å². The van der Waals surface area contributed by atoms with Crippen LogP contribution in [0.1, 0.15) is 31.7 Å². The third kappa shape index (κ3) is 2.61. The van der Waals surface area contributed by atoms with Gasteiger partial charge in [-0.05, 0) is 37.4 Å². The molecule has 0 radical (unpaired) electrons. The third-order valence-corrected chi connectivity index (χ3v) is 4.05. The molecule has 18 heavy (non-hydrogen) atoms. The highest BCUT2D eigenvalue weighted by Crippen LogP contribution is 2.32. The maximum Gasteiger partial charge on any atom is 0.144 e. The molecule has 0 aliphatic carbocycles. The summed E-state index contributed by atoms with van der Waals surface area (Å²) in [6.07, 6.45) is 2.98. The average molecular weight is 249 g/mol. The molecular weight excluding hydrogens is 229 g/mol. The summed E-state index contributed by atoms with van der Waals surface area (Å²) in [5.74, 6) is -0.108. The van der Waals surface area contributed by atoms with E-state index in [4.69, 9.17) is 0 Å². The highest BCUT2D eigenvalue weighted by molar-refractivity contribution is 5.87. The summed E-state index contributed by atoms with van der Waals surface area (Å²) in [5, 5.41) is 3.29. The van der Waals surface area contributed by atoms with Gasteiger partial charge in [-0.15, -0.1) is 0 Å². The van der Waals surface area contributed by atoms with Crippen LogP contribution in [0.4, 0.5) is 4.39 Å². The Morgan fingerprint density at radius 3 is 2.83 bits per heavy atom. The number of Topliss-reactive ketones (excluding diaryl/α,β-unsaturated/α-hetero) is 1. The van der Waals surface area contributed by atoms with E-state index in [2.05, 4.69) is 5.32 Å². The summed E-state index contributed by atoms with van der Waals surface area (Å²) in [6, 6.07) is 6.55. The molecule has 98 valence electrons. The summed E-state index contributed by atoms with van der Waals surface area (Å²) in [4.78, 5) is 12.5. The third-order valence-electron chi connectivity index (χ3n) is 4.05. The Morgan fingerprint density at radius 1 is 1.44 bits per heavy atom. The van der Waals surface area contributed by atoms with Gasteiger partial charge in [-0.1, -0.05) is 25.1 Å². The molecule has 1 N–H and O–H groups in total. The van der Waals surface area contributed by atoms with E-state index in [0.717, 1.165) is 32.4 Å². The van der Waals surface area contributed by atoms with Crippen LogP contribution in [0.25, 0.3) is 0 Å². The van der Waals surface area contributed by atoms with Crippen molar-refractivity contribution in [3.8, 4) is 0 Å². The SMILES string of the molecule is CCC1(C(=O)Cc2ccccc2F)CCCNC1. The first-order valence-corrected chi connectivity index (χ1v) is 6.65. The summed E-state index contributed by atoms with van der Waals surface area (Å²) in [5.41, 5.74) is 0.224. The largest absolute Gasteiger partial charge is 0.316 e. The molecule has 1 unspecified atom stereocenters. The number of carbonyl (C=O) groups is 1. The maximum atomic E-state index is 13.6. The minimum atomic E-state index is -0.291. The van der Waals surface area contributed by atoms with E-state index >= 15 is 0 Å². The molecule has 0 spiro atoms. The molecule has 1 atom stereocenters. The zero-order valence-electron chi connectivity index (χ0n) is 10.8. The number of piperidine rings is 1. The van der Waals surface area contributed by atoms with E-state index in [1.807, 2.05) is 6.92 Å². The predicted molar refractivity (Wildman–Crippen MR) is 69.9 cm³/mol. The Balaban J connectivity index is 2.13. The van der Waals surface area contributed by atoms with Gasteiger partial charge in [-0.25, -0.2) is 4.39 Å². The van der Waals surface area contributed by atoms with Crippen molar-refractivity contribution < 1.29 is 9.18 Å². The molecule has 1 aliphatic rings.